The van der Waals surface area contributed by atoms with Crippen LogP contribution >= 0.6 is 11.3 Å². The Morgan fingerprint density at radius 3 is 2.09 bits per heavy atom. The number of rotatable bonds is 9. The summed E-state index contributed by atoms with van der Waals surface area (Å²) in [4.78, 5) is 15.1. The largest absolute Gasteiger partial charge is 0.494 e. The van der Waals surface area contributed by atoms with Crippen LogP contribution in [0.4, 0.5) is 57.8 Å². The van der Waals surface area contributed by atoms with Crippen LogP contribution in [0, 0.1) is 0 Å². The van der Waals surface area contributed by atoms with E-state index in [1.807, 2.05) is 0 Å². The van der Waals surface area contributed by atoms with Gasteiger partial charge in [0, 0.05) is 0 Å². The summed E-state index contributed by atoms with van der Waals surface area (Å²) in [5.41, 5.74) is -0.0118. The highest BCUT2D eigenvalue weighted by Gasteiger charge is 2.89. The fourth-order valence-corrected chi connectivity index (χ4v) is 3.16. The smallest absolute Gasteiger partial charge is 0.393 e. The first kappa shape index (κ1) is 26.8. The molecule has 17 heteroatoms. The van der Waals surface area contributed by atoms with Crippen LogP contribution in [0.15, 0.2) is 18.2 Å². The van der Waals surface area contributed by atoms with Crippen molar-refractivity contribution in [1.29, 1.82) is 0 Å². The van der Waals surface area contributed by atoms with Crippen LogP contribution in [0.2, 0.25) is 0 Å². The van der Waals surface area contributed by atoms with E-state index >= 15 is 0 Å². The lowest BCUT2D eigenvalue weighted by Crippen LogP contribution is -2.70. The SMILES string of the molecule is CCOc1ccc2nc(NC(=O)C(F)(F)C(F)(F)C(F)(F)C(F)(F)C(F)(F)C(F)F)sc2c1. The number of carbonyl (C=O) groups excluding carboxylic acids is 1. The second-order valence-electron chi connectivity index (χ2n) is 6.26. The van der Waals surface area contributed by atoms with E-state index in [4.69, 9.17) is 4.74 Å². The maximum atomic E-state index is 13.9. The highest BCUT2D eigenvalue weighted by atomic mass is 32.1. The van der Waals surface area contributed by atoms with Gasteiger partial charge in [-0.3, -0.25) is 10.1 Å². The predicted octanol–water partition coefficient (Wildman–Crippen LogP) is 6.08. The molecular formula is C16H10F12N2O2S. The number of fused-ring (bicyclic) bond motifs is 1. The van der Waals surface area contributed by atoms with Crippen molar-refractivity contribution in [3.8, 4) is 5.75 Å². The molecule has 0 radical (unpaired) electrons. The molecule has 186 valence electrons. The van der Waals surface area contributed by atoms with Crippen molar-refractivity contribution in [2.45, 2.75) is 43.0 Å². The Balaban J connectivity index is 2.38. The number of anilines is 1. The van der Waals surface area contributed by atoms with Gasteiger partial charge in [0.2, 0.25) is 0 Å². The van der Waals surface area contributed by atoms with E-state index in [0.717, 1.165) is 5.32 Å². The van der Waals surface area contributed by atoms with Gasteiger partial charge in [-0.1, -0.05) is 11.3 Å². The summed E-state index contributed by atoms with van der Waals surface area (Å²) in [6, 6.07) is 3.85. The molecule has 0 saturated heterocycles. The quantitative estimate of drug-likeness (QED) is 0.407. The molecule has 0 bridgehead atoms. The van der Waals surface area contributed by atoms with Crippen molar-refractivity contribution < 1.29 is 62.2 Å². The Labute approximate surface area is 179 Å². The number of alkyl halides is 12. The molecule has 4 nitrogen and oxygen atoms in total. The Hall–Kier alpha value is -2.46. The number of aromatic nitrogens is 1. The maximum absolute atomic E-state index is 13.9. The number of benzene rings is 1. The van der Waals surface area contributed by atoms with Crippen molar-refractivity contribution in [3.05, 3.63) is 18.2 Å². The molecule has 0 unspecified atom stereocenters. The molecule has 0 spiro atoms. The zero-order chi connectivity index (χ0) is 25.6. The zero-order valence-corrected chi connectivity index (χ0v) is 16.5. The highest BCUT2D eigenvalue weighted by molar-refractivity contribution is 7.22. The minimum Gasteiger partial charge on any atom is -0.494 e. The van der Waals surface area contributed by atoms with E-state index in [1.54, 1.807) is 6.92 Å². The number of hydrogen-bond acceptors (Lipinski definition) is 4. The molecule has 0 saturated carbocycles. The molecule has 0 fully saturated rings. The molecule has 1 amide bonds. The lowest BCUT2D eigenvalue weighted by molar-refractivity contribution is -0.406. The van der Waals surface area contributed by atoms with E-state index in [9.17, 15) is 57.5 Å². The van der Waals surface area contributed by atoms with Gasteiger partial charge in [0.25, 0.3) is 0 Å². The number of ether oxygens (including phenoxy) is 1. The molecule has 2 aromatic rings. The molecule has 1 N–H and O–H groups in total. The monoisotopic (exact) mass is 522 g/mol. The van der Waals surface area contributed by atoms with Gasteiger partial charge in [0.1, 0.15) is 5.75 Å². The molecule has 0 aliphatic heterocycles. The minimum absolute atomic E-state index is 0.0118. The lowest BCUT2D eigenvalue weighted by Gasteiger charge is -2.38. The molecular weight excluding hydrogens is 512 g/mol. The van der Waals surface area contributed by atoms with Crippen molar-refractivity contribution in [2.24, 2.45) is 0 Å². The number of nitrogens with one attached hydrogen (secondary N) is 1. The van der Waals surface area contributed by atoms with Crippen LogP contribution in [0.25, 0.3) is 10.2 Å². The van der Waals surface area contributed by atoms with E-state index in [2.05, 4.69) is 4.98 Å². The predicted molar refractivity (Wildman–Crippen MR) is 90.2 cm³/mol. The summed E-state index contributed by atoms with van der Waals surface area (Å²) < 4.78 is 164. The third kappa shape index (κ3) is 4.14. The van der Waals surface area contributed by atoms with Crippen molar-refractivity contribution >= 4 is 32.6 Å². The average molecular weight is 522 g/mol. The number of carbonyl (C=O) groups is 1. The van der Waals surface area contributed by atoms with E-state index in [1.165, 1.54) is 18.2 Å². The number of nitrogens with zero attached hydrogens (tertiary/aromatic N) is 1. The lowest BCUT2D eigenvalue weighted by atomic mass is 9.94. The average Bonchev–Trinajstić information content (AvgIpc) is 3.08. The molecule has 0 aliphatic carbocycles. The van der Waals surface area contributed by atoms with Crippen LogP contribution in [-0.4, -0.2) is 53.5 Å². The standard InChI is InChI=1S/C16H10F12N2O2S/c1-2-32-6-3-4-7-8(5-6)33-11(29-7)30-10(31)13(21,22)15(25,26)16(27,28)14(23,24)12(19,20)9(17)18/h3-5,9H,2H2,1H3,(H,29,30,31). The number of thiazole rings is 1. The first-order chi connectivity index (χ1) is 14.8. The summed E-state index contributed by atoms with van der Waals surface area (Å²) in [6.45, 7) is 1.82. The summed E-state index contributed by atoms with van der Waals surface area (Å²) >= 11 is 0.357. The molecule has 1 aromatic carbocycles. The topological polar surface area (TPSA) is 51.2 Å². The Morgan fingerprint density at radius 2 is 1.58 bits per heavy atom. The summed E-state index contributed by atoms with van der Waals surface area (Å²) in [6.07, 6.45) is -5.62. The van der Waals surface area contributed by atoms with E-state index in [0.29, 0.717) is 11.3 Å². The van der Waals surface area contributed by atoms with Gasteiger partial charge < -0.3 is 4.74 Å². The third-order valence-electron chi connectivity index (χ3n) is 4.05. The van der Waals surface area contributed by atoms with Crippen LogP contribution in [0.3, 0.4) is 0 Å². The van der Waals surface area contributed by atoms with E-state index in [-0.39, 0.29) is 22.6 Å². The maximum Gasteiger partial charge on any atom is 0.393 e. The van der Waals surface area contributed by atoms with Gasteiger partial charge in [-0.15, -0.1) is 0 Å². The van der Waals surface area contributed by atoms with Crippen LogP contribution in [-0.2, 0) is 4.79 Å². The van der Waals surface area contributed by atoms with Gasteiger partial charge in [0.15, 0.2) is 5.13 Å². The molecule has 1 heterocycles. The van der Waals surface area contributed by atoms with Gasteiger partial charge >= 0.3 is 41.9 Å². The minimum atomic E-state index is -7.79. The van der Waals surface area contributed by atoms with Crippen LogP contribution in [0.1, 0.15) is 6.92 Å². The Morgan fingerprint density at radius 1 is 1.00 bits per heavy atom. The molecule has 0 aliphatic rings. The van der Waals surface area contributed by atoms with E-state index < -0.39 is 47.1 Å². The summed E-state index contributed by atoms with van der Waals surface area (Å²) in [5.74, 6) is -40.0. The van der Waals surface area contributed by atoms with Crippen LogP contribution in [0.5, 0.6) is 5.75 Å². The Kier molecular flexibility index (Phi) is 6.81. The van der Waals surface area contributed by atoms with Crippen molar-refractivity contribution in [1.82, 2.24) is 4.98 Å². The van der Waals surface area contributed by atoms with Gasteiger partial charge in [-0.05, 0) is 25.1 Å². The summed E-state index contributed by atoms with van der Waals surface area (Å²) in [7, 11) is 0. The van der Waals surface area contributed by atoms with Gasteiger partial charge in [-0.2, -0.15) is 43.9 Å². The van der Waals surface area contributed by atoms with Gasteiger partial charge in [-0.25, -0.2) is 13.8 Å². The van der Waals surface area contributed by atoms with Crippen molar-refractivity contribution in [3.63, 3.8) is 0 Å². The van der Waals surface area contributed by atoms with Crippen LogP contribution < -0.4 is 10.1 Å². The second-order valence-corrected chi connectivity index (χ2v) is 7.29. The molecule has 1 aromatic heterocycles. The summed E-state index contributed by atoms with van der Waals surface area (Å²) in [5, 5.41) is 0.116. The number of hydrogen-bond donors (Lipinski definition) is 1. The fourth-order valence-electron chi connectivity index (χ4n) is 2.27. The normalized spacial score (nSPS) is 14.1. The first-order valence-corrected chi connectivity index (χ1v) is 9.18. The number of amides is 1. The molecule has 0 atom stereocenters. The van der Waals surface area contributed by atoms with Crippen molar-refractivity contribution in [2.75, 3.05) is 11.9 Å². The second kappa shape index (κ2) is 8.39. The highest BCUT2D eigenvalue weighted by Crippen LogP contribution is 2.58. The molecule has 2 rings (SSSR count). The third-order valence-corrected chi connectivity index (χ3v) is 4.99. The first-order valence-electron chi connectivity index (χ1n) is 8.36. The fraction of sp³-hybridized carbons (Fsp3) is 0.500. The number of halogens is 12. The van der Waals surface area contributed by atoms with Gasteiger partial charge in [0.05, 0.1) is 16.8 Å². The Bertz CT molecular complexity index is 1020. The molecule has 33 heavy (non-hydrogen) atoms. The zero-order valence-electron chi connectivity index (χ0n) is 15.7.